The Balaban J connectivity index is 1.54. The third-order valence-corrected chi connectivity index (χ3v) is 5.11. The highest BCUT2D eigenvalue weighted by Crippen LogP contribution is 2.29. The summed E-state index contributed by atoms with van der Waals surface area (Å²) >= 11 is 0. The summed E-state index contributed by atoms with van der Waals surface area (Å²) in [5, 5.41) is 0. The van der Waals surface area contributed by atoms with Crippen molar-refractivity contribution in [3.05, 3.63) is 100 Å². The van der Waals surface area contributed by atoms with Crippen molar-refractivity contribution in [3.8, 4) is 0 Å². The van der Waals surface area contributed by atoms with Gasteiger partial charge in [-0.15, -0.1) is 0 Å². The fraction of sp³-hybridized carbons (Fsp3) is 0.130. The Morgan fingerprint density at radius 2 is 1.52 bits per heavy atom. The van der Waals surface area contributed by atoms with Crippen molar-refractivity contribution in [2.75, 3.05) is 6.54 Å². The summed E-state index contributed by atoms with van der Waals surface area (Å²) in [7, 11) is 0. The second kappa shape index (κ2) is 7.79. The minimum Gasteiger partial charge on any atom is -0.289 e. The number of nitrogens with zero attached hydrogens (tertiary/aromatic N) is 2. The van der Waals surface area contributed by atoms with Crippen LogP contribution in [0.25, 0.3) is 0 Å². The number of imide groups is 1. The van der Waals surface area contributed by atoms with E-state index >= 15 is 0 Å². The zero-order chi connectivity index (χ0) is 22.2. The Morgan fingerprint density at radius 1 is 0.903 bits per heavy atom. The SMILES string of the molecule is O=C(c1ccc(C(F)(F)F)cc1)c1ccncc1CCN1C(=O)c2ccccc2C1=O. The van der Waals surface area contributed by atoms with Gasteiger partial charge in [-0.2, -0.15) is 13.2 Å². The van der Waals surface area contributed by atoms with Crippen LogP contribution in [0.5, 0.6) is 0 Å². The molecule has 0 fully saturated rings. The zero-order valence-electron chi connectivity index (χ0n) is 16.0. The summed E-state index contributed by atoms with van der Waals surface area (Å²) in [6.45, 7) is 0.0470. The first-order chi connectivity index (χ1) is 14.8. The van der Waals surface area contributed by atoms with Gasteiger partial charge < -0.3 is 0 Å². The molecule has 1 aliphatic rings. The van der Waals surface area contributed by atoms with Gasteiger partial charge in [-0.1, -0.05) is 24.3 Å². The van der Waals surface area contributed by atoms with E-state index in [-0.39, 0.29) is 24.1 Å². The molecule has 2 amide bonds. The van der Waals surface area contributed by atoms with Crippen LogP contribution >= 0.6 is 0 Å². The lowest BCUT2D eigenvalue weighted by Gasteiger charge is -2.15. The van der Waals surface area contributed by atoms with Gasteiger partial charge in [0.2, 0.25) is 0 Å². The van der Waals surface area contributed by atoms with E-state index in [1.165, 1.54) is 18.5 Å². The molecular weight excluding hydrogens is 409 g/mol. The van der Waals surface area contributed by atoms with E-state index in [1.54, 1.807) is 24.3 Å². The molecule has 0 radical (unpaired) electrons. The van der Waals surface area contributed by atoms with E-state index < -0.39 is 29.3 Å². The van der Waals surface area contributed by atoms with Crippen LogP contribution in [0.2, 0.25) is 0 Å². The molecule has 0 spiro atoms. The number of amides is 2. The monoisotopic (exact) mass is 424 g/mol. The molecule has 0 saturated carbocycles. The summed E-state index contributed by atoms with van der Waals surface area (Å²) in [6, 6.07) is 11.9. The number of carbonyl (C=O) groups is 3. The van der Waals surface area contributed by atoms with Crippen molar-refractivity contribution in [2.24, 2.45) is 0 Å². The molecule has 1 aromatic heterocycles. The molecule has 2 heterocycles. The van der Waals surface area contributed by atoms with Crippen LogP contribution in [-0.4, -0.2) is 34.0 Å². The van der Waals surface area contributed by atoms with E-state index in [1.807, 2.05) is 0 Å². The van der Waals surface area contributed by atoms with Crippen molar-refractivity contribution in [3.63, 3.8) is 0 Å². The maximum absolute atomic E-state index is 12.9. The molecule has 0 N–H and O–H groups in total. The van der Waals surface area contributed by atoms with Crippen molar-refractivity contribution in [2.45, 2.75) is 12.6 Å². The molecule has 0 atom stereocenters. The van der Waals surface area contributed by atoms with E-state index in [2.05, 4.69) is 4.98 Å². The van der Waals surface area contributed by atoms with Crippen LogP contribution in [0, 0.1) is 0 Å². The average Bonchev–Trinajstić information content (AvgIpc) is 3.01. The molecule has 5 nitrogen and oxygen atoms in total. The highest BCUT2D eigenvalue weighted by molar-refractivity contribution is 6.21. The van der Waals surface area contributed by atoms with E-state index in [0.29, 0.717) is 16.7 Å². The number of rotatable bonds is 5. The summed E-state index contributed by atoms with van der Waals surface area (Å²) < 4.78 is 38.3. The van der Waals surface area contributed by atoms with E-state index in [4.69, 9.17) is 0 Å². The van der Waals surface area contributed by atoms with Gasteiger partial charge in [0.15, 0.2) is 5.78 Å². The van der Waals surface area contributed by atoms with Crippen LogP contribution in [-0.2, 0) is 12.6 Å². The van der Waals surface area contributed by atoms with E-state index in [9.17, 15) is 27.6 Å². The average molecular weight is 424 g/mol. The van der Waals surface area contributed by atoms with Gasteiger partial charge in [-0.3, -0.25) is 24.3 Å². The topological polar surface area (TPSA) is 67.3 Å². The first kappa shape index (κ1) is 20.5. The zero-order valence-corrected chi connectivity index (χ0v) is 16.0. The van der Waals surface area contributed by atoms with Crippen molar-refractivity contribution < 1.29 is 27.6 Å². The van der Waals surface area contributed by atoms with Gasteiger partial charge >= 0.3 is 6.18 Å². The lowest BCUT2D eigenvalue weighted by Crippen LogP contribution is -2.32. The molecule has 0 bridgehead atoms. The van der Waals surface area contributed by atoms with Crippen LogP contribution in [0.15, 0.2) is 67.0 Å². The van der Waals surface area contributed by atoms with Gasteiger partial charge in [0.25, 0.3) is 11.8 Å². The number of halogens is 3. The minimum atomic E-state index is -4.49. The van der Waals surface area contributed by atoms with Gasteiger partial charge in [0.05, 0.1) is 16.7 Å². The fourth-order valence-corrected chi connectivity index (χ4v) is 3.49. The van der Waals surface area contributed by atoms with Gasteiger partial charge in [0.1, 0.15) is 0 Å². The maximum Gasteiger partial charge on any atom is 0.416 e. The Bertz CT molecular complexity index is 1150. The minimum absolute atomic E-state index is 0.0470. The second-order valence-corrected chi connectivity index (χ2v) is 6.99. The normalized spacial score (nSPS) is 13.5. The van der Waals surface area contributed by atoms with Crippen molar-refractivity contribution in [1.82, 2.24) is 9.88 Å². The molecule has 4 rings (SSSR count). The predicted molar refractivity (Wildman–Crippen MR) is 105 cm³/mol. The highest BCUT2D eigenvalue weighted by Gasteiger charge is 2.35. The number of hydrogen-bond acceptors (Lipinski definition) is 4. The number of pyridine rings is 1. The molecule has 1 aliphatic heterocycles. The lowest BCUT2D eigenvalue weighted by atomic mass is 9.97. The maximum atomic E-state index is 12.9. The highest BCUT2D eigenvalue weighted by atomic mass is 19.4. The summed E-state index contributed by atoms with van der Waals surface area (Å²) in [5.41, 5.74) is 0.667. The molecule has 156 valence electrons. The standard InChI is InChI=1S/C23H15F3N2O3/c24-23(25,26)16-7-5-14(6-8-16)20(29)17-9-11-27-13-15(17)10-12-28-21(30)18-3-1-2-4-19(18)22(28)31/h1-9,11,13H,10,12H2. The Labute approximate surface area is 175 Å². The third-order valence-electron chi connectivity index (χ3n) is 5.11. The number of carbonyl (C=O) groups excluding carboxylic acids is 3. The number of aromatic nitrogens is 1. The predicted octanol–water partition coefficient (Wildman–Crippen LogP) is 4.17. The third kappa shape index (κ3) is 3.84. The molecule has 3 aromatic rings. The van der Waals surface area contributed by atoms with Crippen molar-refractivity contribution >= 4 is 17.6 Å². The number of benzene rings is 2. The number of hydrogen-bond donors (Lipinski definition) is 0. The van der Waals surface area contributed by atoms with Crippen LogP contribution in [0.1, 0.15) is 47.8 Å². The summed E-state index contributed by atoms with van der Waals surface area (Å²) in [4.78, 5) is 43.0. The molecule has 2 aromatic carbocycles. The van der Waals surface area contributed by atoms with Crippen LogP contribution in [0.4, 0.5) is 13.2 Å². The fourth-order valence-electron chi connectivity index (χ4n) is 3.49. The van der Waals surface area contributed by atoms with Gasteiger partial charge in [-0.05, 0) is 42.3 Å². The molecule has 0 unspecified atom stereocenters. The van der Waals surface area contributed by atoms with Gasteiger partial charge in [0, 0.05) is 30.1 Å². The molecule has 31 heavy (non-hydrogen) atoms. The molecule has 0 aliphatic carbocycles. The second-order valence-electron chi connectivity index (χ2n) is 6.99. The Morgan fingerprint density at radius 3 is 2.10 bits per heavy atom. The summed E-state index contributed by atoms with van der Waals surface area (Å²) in [5.74, 6) is -1.27. The number of alkyl halides is 3. The first-order valence-electron chi connectivity index (χ1n) is 9.37. The Hall–Kier alpha value is -3.81. The summed E-state index contributed by atoms with van der Waals surface area (Å²) in [6.07, 6.45) is -1.45. The largest absolute Gasteiger partial charge is 0.416 e. The van der Waals surface area contributed by atoms with Crippen molar-refractivity contribution in [1.29, 1.82) is 0 Å². The number of ketones is 1. The Kier molecular flexibility index (Phi) is 5.14. The van der Waals surface area contributed by atoms with Gasteiger partial charge in [-0.25, -0.2) is 0 Å². The molecule has 0 saturated heterocycles. The van der Waals surface area contributed by atoms with Crippen LogP contribution in [0.3, 0.4) is 0 Å². The number of fused-ring (bicyclic) bond motifs is 1. The quantitative estimate of drug-likeness (QED) is 0.456. The lowest BCUT2D eigenvalue weighted by molar-refractivity contribution is -0.137. The van der Waals surface area contributed by atoms with E-state index in [0.717, 1.165) is 29.2 Å². The van der Waals surface area contributed by atoms with Crippen LogP contribution < -0.4 is 0 Å². The first-order valence-corrected chi connectivity index (χ1v) is 9.37. The smallest absolute Gasteiger partial charge is 0.289 e. The molecule has 8 heteroatoms. The molecular formula is C23H15F3N2O3.